The van der Waals surface area contributed by atoms with Crippen LogP contribution in [0.4, 0.5) is 10.5 Å². The number of carbonyl (C=O) groups excluding carboxylic acids is 1. The van der Waals surface area contributed by atoms with E-state index in [2.05, 4.69) is 33.7 Å². The number of nitrogens with zero attached hydrogens (tertiary/aromatic N) is 1. The highest BCUT2D eigenvalue weighted by molar-refractivity contribution is 5.68. The standard InChI is InChI=1S/C16H23N3O2/c1-21-16(20)18-13-6-5-12-3-2-4-15(14(12)11-13)19-9-7-17-8-10-19/h2-4,13,17H,5-11H2,1H3,(H,18,20). The third-order valence-corrected chi connectivity index (χ3v) is 4.43. The lowest BCUT2D eigenvalue weighted by Crippen LogP contribution is -2.45. The first kappa shape index (κ1) is 14.2. The van der Waals surface area contributed by atoms with Crippen LogP contribution in [-0.4, -0.2) is 45.4 Å². The van der Waals surface area contributed by atoms with Crippen LogP contribution in [0.25, 0.3) is 0 Å². The van der Waals surface area contributed by atoms with Crippen molar-refractivity contribution in [2.45, 2.75) is 25.3 Å². The molecule has 2 N–H and O–H groups in total. The highest BCUT2D eigenvalue weighted by Crippen LogP contribution is 2.30. The molecule has 5 heteroatoms. The Bertz CT molecular complexity index is 512. The average molecular weight is 289 g/mol. The number of fused-ring (bicyclic) bond motifs is 1. The number of hydrogen-bond acceptors (Lipinski definition) is 4. The number of hydrogen-bond donors (Lipinski definition) is 2. The molecule has 114 valence electrons. The molecule has 0 radical (unpaired) electrons. The Labute approximate surface area is 125 Å². The number of anilines is 1. The highest BCUT2D eigenvalue weighted by Gasteiger charge is 2.24. The number of aryl methyl sites for hydroxylation is 1. The van der Waals surface area contributed by atoms with Gasteiger partial charge in [-0.15, -0.1) is 0 Å². The van der Waals surface area contributed by atoms with Gasteiger partial charge in [-0.1, -0.05) is 12.1 Å². The SMILES string of the molecule is COC(=O)NC1CCc2cccc(N3CCNCC3)c2C1. The second kappa shape index (κ2) is 6.35. The number of alkyl carbamates (subject to hydrolysis) is 1. The summed E-state index contributed by atoms with van der Waals surface area (Å²) >= 11 is 0. The van der Waals surface area contributed by atoms with Crippen LogP contribution < -0.4 is 15.5 Å². The van der Waals surface area contributed by atoms with Crippen LogP contribution in [0.1, 0.15) is 17.5 Å². The third kappa shape index (κ3) is 3.13. The number of amides is 1. The molecule has 0 aromatic heterocycles. The van der Waals surface area contributed by atoms with E-state index >= 15 is 0 Å². The van der Waals surface area contributed by atoms with Crippen LogP contribution in [0.2, 0.25) is 0 Å². The van der Waals surface area contributed by atoms with E-state index in [-0.39, 0.29) is 12.1 Å². The van der Waals surface area contributed by atoms with Gasteiger partial charge in [0.05, 0.1) is 7.11 Å². The van der Waals surface area contributed by atoms with E-state index < -0.39 is 0 Å². The van der Waals surface area contributed by atoms with Crippen LogP contribution in [0.15, 0.2) is 18.2 Å². The molecule has 1 atom stereocenters. The zero-order valence-corrected chi connectivity index (χ0v) is 12.5. The fourth-order valence-electron chi connectivity index (χ4n) is 3.32. The van der Waals surface area contributed by atoms with Crippen molar-refractivity contribution in [3.05, 3.63) is 29.3 Å². The first-order chi connectivity index (χ1) is 10.3. The molecule has 1 unspecified atom stereocenters. The minimum atomic E-state index is -0.330. The Morgan fingerprint density at radius 3 is 2.95 bits per heavy atom. The number of ether oxygens (including phenoxy) is 1. The monoisotopic (exact) mass is 289 g/mol. The van der Waals surface area contributed by atoms with Gasteiger partial charge in [-0.2, -0.15) is 0 Å². The summed E-state index contributed by atoms with van der Waals surface area (Å²) in [5, 5.41) is 6.34. The molecule has 1 aliphatic heterocycles. The van der Waals surface area contributed by atoms with Crippen LogP contribution >= 0.6 is 0 Å². The molecule has 0 bridgehead atoms. The predicted octanol–water partition coefficient (Wildman–Crippen LogP) is 1.31. The summed E-state index contributed by atoms with van der Waals surface area (Å²) in [6.07, 6.45) is 2.56. The molecular weight excluding hydrogens is 266 g/mol. The van der Waals surface area contributed by atoms with Crippen molar-refractivity contribution < 1.29 is 9.53 Å². The summed E-state index contributed by atoms with van der Waals surface area (Å²) < 4.78 is 4.72. The molecule has 1 fully saturated rings. The van der Waals surface area contributed by atoms with Crippen molar-refractivity contribution in [3.8, 4) is 0 Å². The van der Waals surface area contributed by atoms with Crippen LogP contribution in [-0.2, 0) is 17.6 Å². The average Bonchev–Trinajstić information content (AvgIpc) is 2.55. The lowest BCUT2D eigenvalue weighted by Gasteiger charge is -2.34. The minimum absolute atomic E-state index is 0.175. The van der Waals surface area contributed by atoms with E-state index in [1.54, 1.807) is 0 Å². The van der Waals surface area contributed by atoms with Gasteiger partial charge in [0, 0.05) is 37.9 Å². The Kier molecular flexibility index (Phi) is 4.29. The van der Waals surface area contributed by atoms with E-state index in [0.29, 0.717) is 0 Å². The van der Waals surface area contributed by atoms with Gasteiger partial charge in [-0.05, 0) is 36.5 Å². The summed E-state index contributed by atoms with van der Waals surface area (Å²) in [5.41, 5.74) is 4.16. The second-order valence-corrected chi connectivity index (χ2v) is 5.73. The Hall–Kier alpha value is -1.75. The summed E-state index contributed by atoms with van der Waals surface area (Å²) in [4.78, 5) is 13.9. The van der Waals surface area contributed by atoms with Crippen molar-refractivity contribution >= 4 is 11.8 Å². The van der Waals surface area contributed by atoms with Gasteiger partial charge >= 0.3 is 6.09 Å². The maximum absolute atomic E-state index is 11.4. The molecule has 1 amide bonds. The molecule has 1 heterocycles. The Morgan fingerprint density at radius 1 is 1.38 bits per heavy atom. The van der Waals surface area contributed by atoms with Crippen LogP contribution in [0.5, 0.6) is 0 Å². The molecule has 5 nitrogen and oxygen atoms in total. The molecule has 21 heavy (non-hydrogen) atoms. The van der Waals surface area contributed by atoms with Crippen molar-refractivity contribution in [1.29, 1.82) is 0 Å². The van der Waals surface area contributed by atoms with Crippen molar-refractivity contribution in [2.24, 2.45) is 0 Å². The highest BCUT2D eigenvalue weighted by atomic mass is 16.5. The van der Waals surface area contributed by atoms with E-state index in [1.165, 1.54) is 23.9 Å². The number of methoxy groups -OCH3 is 1. The zero-order chi connectivity index (χ0) is 14.7. The van der Waals surface area contributed by atoms with Gasteiger partial charge in [0.25, 0.3) is 0 Å². The lowest BCUT2D eigenvalue weighted by molar-refractivity contribution is 0.165. The van der Waals surface area contributed by atoms with Crippen molar-refractivity contribution in [1.82, 2.24) is 10.6 Å². The van der Waals surface area contributed by atoms with Gasteiger partial charge in [0.15, 0.2) is 0 Å². The normalized spacial score (nSPS) is 21.6. The summed E-state index contributed by atoms with van der Waals surface area (Å²) in [6.45, 7) is 4.16. The summed E-state index contributed by atoms with van der Waals surface area (Å²) in [6, 6.07) is 6.76. The summed E-state index contributed by atoms with van der Waals surface area (Å²) in [5.74, 6) is 0. The predicted molar refractivity (Wildman–Crippen MR) is 82.9 cm³/mol. The van der Waals surface area contributed by atoms with Crippen LogP contribution in [0, 0.1) is 0 Å². The molecule has 1 aliphatic carbocycles. The van der Waals surface area contributed by atoms with E-state index in [4.69, 9.17) is 4.74 Å². The smallest absolute Gasteiger partial charge is 0.407 e. The molecule has 0 spiro atoms. The fraction of sp³-hybridized carbons (Fsp3) is 0.562. The Balaban J connectivity index is 1.80. The largest absolute Gasteiger partial charge is 0.453 e. The number of benzene rings is 1. The molecule has 1 aromatic rings. The molecule has 2 aliphatic rings. The number of piperazine rings is 1. The first-order valence-corrected chi connectivity index (χ1v) is 7.69. The van der Waals surface area contributed by atoms with Crippen LogP contribution in [0.3, 0.4) is 0 Å². The molecule has 1 aromatic carbocycles. The third-order valence-electron chi connectivity index (χ3n) is 4.43. The van der Waals surface area contributed by atoms with E-state index in [9.17, 15) is 4.79 Å². The molecule has 3 rings (SSSR count). The quantitative estimate of drug-likeness (QED) is 0.862. The minimum Gasteiger partial charge on any atom is -0.453 e. The van der Waals surface area contributed by atoms with E-state index in [1.807, 2.05) is 0 Å². The van der Waals surface area contributed by atoms with Gasteiger partial charge in [-0.25, -0.2) is 4.79 Å². The molecule has 1 saturated heterocycles. The summed E-state index contributed by atoms with van der Waals surface area (Å²) in [7, 11) is 1.41. The second-order valence-electron chi connectivity index (χ2n) is 5.73. The van der Waals surface area contributed by atoms with Gasteiger partial charge in [0.2, 0.25) is 0 Å². The number of carbonyl (C=O) groups is 1. The lowest BCUT2D eigenvalue weighted by atomic mass is 9.86. The van der Waals surface area contributed by atoms with Crippen molar-refractivity contribution in [3.63, 3.8) is 0 Å². The number of nitrogens with one attached hydrogen (secondary N) is 2. The van der Waals surface area contributed by atoms with Crippen molar-refractivity contribution in [2.75, 3.05) is 38.2 Å². The first-order valence-electron chi connectivity index (χ1n) is 7.69. The Morgan fingerprint density at radius 2 is 2.19 bits per heavy atom. The molecule has 0 saturated carbocycles. The maximum atomic E-state index is 11.4. The van der Waals surface area contributed by atoms with E-state index in [0.717, 1.165) is 45.4 Å². The molecular formula is C16H23N3O2. The topological polar surface area (TPSA) is 53.6 Å². The maximum Gasteiger partial charge on any atom is 0.407 e. The number of rotatable bonds is 2. The zero-order valence-electron chi connectivity index (χ0n) is 12.5. The van der Waals surface area contributed by atoms with Gasteiger partial charge < -0.3 is 20.3 Å². The fourth-order valence-corrected chi connectivity index (χ4v) is 3.32. The van der Waals surface area contributed by atoms with Gasteiger partial charge in [-0.3, -0.25) is 0 Å². The van der Waals surface area contributed by atoms with Gasteiger partial charge in [0.1, 0.15) is 0 Å².